The minimum atomic E-state index is 0.0182. The van der Waals surface area contributed by atoms with Crippen molar-refractivity contribution >= 4 is 5.91 Å². The SMILES string of the molecule is Cn1cccc1[C@@H]1COCCN1C(=O)[C@@H]1CCCOC1. The van der Waals surface area contributed by atoms with Crippen LogP contribution in [0.25, 0.3) is 0 Å². The lowest BCUT2D eigenvalue weighted by atomic mass is 9.99. The molecule has 1 amide bonds. The Labute approximate surface area is 119 Å². The molecule has 2 aliphatic heterocycles. The number of aryl methyl sites for hydroxylation is 1. The van der Waals surface area contributed by atoms with Crippen LogP contribution >= 0.6 is 0 Å². The van der Waals surface area contributed by atoms with Crippen LogP contribution in [0.15, 0.2) is 18.3 Å². The second-order valence-corrected chi connectivity index (χ2v) is 5.58. The third-order valence-corrected chi connectivity index (χ3v) is 4.25. The van der Waals surface area contributed by atoms with Crippen LogP contribution in [0.4, 0.5) is 0 Å². The van der Waals surface area contributed by atoms with Gasteiger partial charge in [0.25, 0.3) is 0 Å². The Hall–Kier alpha value is -1.33. The summed E-state index contributed by atoms with van der Waals surface area (Å²) in [5.74, 6) is 0.240. The zero-order valence-electron chi connectivity index (χ0n) is 12.0. The molecule has 0 N–H and O–H groups in total. The van der Waals surface area contributed by atoms with Crippen molar-refractivity contribution in [3.63, 3.8) is 0 Å². The van der Waals surface area contributed by atoms with Crippen LogP contribution in [-0.4, -0.2) is 48.3 Å². The van der Waals surface area contributed by atoms with E-state index in [9.17, 15) is 4.79 Å². The molecule has 1 aromatic heterocycles. The van der Waals surface area contributed by atoms with E-state index in [1.165, 1.54) is 0 Å². The largest absolute Gasteiger partial charge is 0.381 e. The topological polar surface area (TPSA) is 43.7 Å². The summed E-state index contributed by atoms with van der Waals surface area (Å²) in [6.07, 6.45) is 3.93. The lowest BCUT2D eigenvalue weighted by Crippen LogP contribution is -2.47. The minimum absolute atomic E-state index is 0.0182. The molecule has 2 fully saturated rings. The second-order valence-electron chi connectivity index (χ2n) is 5.58. The number of aromatic nitrogens is 1. The normalized spacial score (nSPS) is 27.6. The molecular formula is C15H22N2O3. The molecule has 1 aromatic rings. The number of nitrogens with zero attached hydrogens (tertiary/aromatic N) is 2. The maximum absolute atomic E-state index is 12.8. The van der Waals surface area contributed by atoms with Gasteiger partial charge in [-0.1, -0.05) is 0 Å². The van der Waals surface area contributed by atoms with Gasteiger partial charge >= 0.3 is 0 Å². The van der Waals surface area contributed by atoms with Crippen LogP contribution in [0.3, 0.4) is 0 Å². The highest BCUT2D eigenvalue weighted by Crippen LogP contribution is 2.27. The van der Waals surface area contributed by atoms with E-state index in [-0.39, 0.29) is 17.9 Å². The number of hydrogen-bond acceptors (Lipinski definition) is 3. The summed E-state index contributed by atoms with van der Waals surface area (Å²) in [5, 5.41) is 0. The van der Waals surface area contributed by atoms with Gasteiger partial charge in [0.05, 0.1) is 31.8 Å². The summed E-state index contributed by atoms with van der Waals surface area (Å²) in [5.41, 5.74) is 1.13. The van der Waals surface area contributed by atoms with E-state index in [0.29, 0.717) is 26.4 Å². The maximum atomic E-state index is 12.8. The van der Waals surface area contributed by atoms with Gasteiger partial charge in [0.1, 0.15) is 0 Å². The summed E-state index contributed by atoms with van der Waals surface area (Å²) in [6, 6.07) is 4.10. The Morgan fingerprint density at radius 1 is 1.30 bits per heavy atom. The third kappa shape index (κ3) is 2.60. The van der Waals surface area contributed by atoms with Gasteiger partial charge in [0.2, 0.25) is 5.91 Å². The molecule has 0 radical (unpaired) electrons. The Kier molecular flexibility index (Phi) is 4.08. The molecule has 5 nitrogen and oxygen atoms in total. The van der Waals surface area contributed by atoms with Crippen LogP contribution in [-0.2, 0) is 21.3 Å². The number of hydrogen-bond donors (Lipinski definition) is 0. The number of carbonyl (C=O) groups excluding carboxylic acids is 1. The zero-order chi connectivity index (χ0) is 13.9. The number of ether oxygens (including phenoxy) is 2. The molecule has 3 heterocycles. The van der Waals surface area contributed by atoms with E-state index in [4.69, 9.17) is 9.47 Å². The lowest BCUT2D eigenvalue weighted by molar-refractivity contribution is -0.149. The Balaban J connectivity index is 1.78. The zero-order valence-corrected chi connectivity index (χ0v) is 12.0. The lowest BCUT2D eigenvalue weighted by Gasteiger charge is -2.38. The molecule has 3 rings (SSSR count). The van der Waals surface area contributed by atoms with Crippen molar-refractivity contribution in [1.29, 1.82) is 0 Å². The molecule has 0 unspecified atom stereocenters. The summed E-state index contributed by atoms with van der Waals surface area (Å²) in [4.78, 5) is 14.7. The minimum Gasteiger partial charge on any atom is -0.381 e. The quantitative estimate of drug-likeness (QED) is 0.820. The van der Waals surface area contributed by atoms with Crippen LogP contribution in [0.1, 0.15) is 24.6 Å². The summed E-state index contributed by atoms with van der Waals surface area (Å²) in [7, 11) is 2.01. The summed E-state index contributed by atoms with van der Waals surface area (Å²) < 4.78 is 13.1. The Morgan fingerprint density at radius 2 is 2.15 bits per heavy atom. The van der Waals surface area contributed by atoms with Crippen molar-refractivity contribution in [3.8, 4) is 0 Å². The third-order valence-electron chi connectivity index (χ3n) is 4.25. The van der Waals surface area contributed by atoms with E-state index in [1.54, 1.807) is 0 Å². The van der Waals surface area contributed by atoms with Gasteiger partial charge in [0, 0.05) is 32.1 Å². The smallest absolute Gasteiger partial charge is 0.228 e. The first-order valence-electron chi connectivity index (χ1n) is 7.34. The summed E-state index contributed by atoms with van der Waals surface area (Å²) in [6.45, 7) is 3.23. The fraction of sp³-hybridized carbons (Fsp3) is 0.667. The fourth-order valence-electron chi connectivity index (χ4n) is 3.10. The van der Waals surface area contributed by atoms with E-state index in [2.05, 4.69) is 10.6 Å². The van der Waals surface area contributed by atoms with Gasteiger partial charge in [-0.15, -0.1) is 0 Å². The molecule has 20 heavy (non-hydrogen) atoms. The summed E-state index contributed by atoms with van der Waals surface area (Å²) >= 11 is 0. The van der Waals surface area contributed by atoms with E-state index in [1.807, 2.05) is 24.2 Å². The van der Waals surface area contributed by atoms with Crippen LogP contribution in [0.5, 0.6) is 0 Å². The van der Waals surface area contributed by atoms with Crippen LogP contribution in [0.2, 0.25) is 0 Å². The van der Waals surface area contributed by atoms with Crippen molar-refractivity contribution in [2.75, 3.05) is 33.0 Å². The van der Waals surface area contributed by atoms with Gasteiger partial charge < -0.3 is 18.9 Å². The highest BCUT2D eigenvalue weighted by molar-refractivity contribution is 5.79. The molecule has 110 valence electrons. The predicted octanol–water partition coefficient (Wildman–Crippen LogP) is 1.35. The van der Waals surface area contributed by atoms with Gasteiger partial charge in [-0.3, -0.25) is 4.79 Å². The first-order valence-corrected chi connectivity index (χ1v) is 7.34. The fourth-order valence-corrected chi connectivity index (χ4v) is 3.10. The average Bonchev–Trinajstić information content (AvgIpc) is 2.93. The monoisotopic (exact) mass is 278 g/mol. The van der Waals surface area contributed by atoms with Gasteiger partial charge in [-0.2, -0.15) is 0 Å². The highest BCUT2D eigenvalue weighted by Gasteiger charge is 2.34. The van der Waals surface area contributed by atoms with Crippen molar-refractivity contribution in [3.05, 3.63) is 24.0 Å². The van der Waals surface area contributed by atoms with Crippen molar-refractivity contribution in [2.45, 2.75) is 18.9 Å². The number of amides is 1. The molecule has 0 aliphatic carbocycles. The number of rotatable bonds is 2. The Bertz CT molecular complexity index is 465. The molecule has 0 saturated carbocycles. The van der Waals surface area contributed by atoms with Gasteiger partial charge in [-0.25, -0.2) is 0 Å². The molecule has 0 bridgehead atoms. The molecule has 2 aliphatic rings. The van der Waals surface area contributed by atoms with Gasteiger partial charge in [0.15, 0.2) is 0 Å². The van der Waals surface area contributed by atoms with E-state index in [0.717, 1.165) is 25.1 Å². The standard InChI is InChI=1S/C15H22N2O3/c1-16-6-2-5-13(16)14-11-20-9-7-17(14)15(18)12-4-3-8-19-10-12/h2,5-6,12,14H,3-4,7-11H2,1H3/t12-,14+/m1/s1. The van der Waals surface area contributed by atoms with Gasteiger partial charge in [-0.05, 0) is 25.0 Å². The molecule has 0 spiro atoms. The molecule has 2 saturated heterocycles. The molecular weight excluding hydrogens is 256 g/mol. The van der Waals surface area contributed by atoms with E-state index >= 15 is 0 Å². The molecule has 5 heteroatoms. The van der Waals surface area contributed by atoms with Crippen molar-refractivity contribution in [1.82, 2.24) is 9.47 Å². The number of carbonyl (C=O) groups is 1. The van der Waals surface area contributed by atoms with Crippen molar-refractivity contribution < 1.29 is 14.3 Å². The predicted molar refractivity (Wildman–Crippen MR) is 74.2 cm³/mol. The maximum Gasteiger partial charge on any atom is 0.228 e. The molecule has 2 atom stereocenters. The highest BCUT2D eigenvalue weighted by atomic mass is 16.5. The first-order chi connectivity index (χ1) is 9.77. The van der Waals surface area contributed by atoms with Crippen LogP contribution in [0, 0.1) is 5.92 Å². The molecule has 0 aromatic carbocycles. The number of morpholine rings is 1. The average molecular weight is 278 g/mol. The van der Waals surface area contributed by atoms with Crippen molar-refractivity contribution in [2.24, 2.45) is 13.0 Å². The van der Waals surface area contributed by atoms with E-state index < -0.39 is 0 Å². The Morgan fingerprint density at radius 3 is 2.85 bits per heavy atom. The first kappa shape index (κ1) is 13.6. The van der Waals surface area contributed by atoms with Crippen LogP contribution < -0.4 is 0 Å². The second kappa shape index (κ2) is 5.97.